The molecule has 3 nitrogen and oxygen atoms in total. The first-order chi connectivity index (χ1) is 8.97. The molecule has 2 rings (SSSR count). The largest absolute Gasteiger partial charge is 0.390 e. The van der Waals surface area contributed by atoms with Crippen LogP contribution in [0.4, 0.5) is 0 Å². The second-order valence-electron chi connectivity index (χ2n) is 7.18. The third kappa shape index (κ3) is 4.73. The van der Waals surface area contributed by atoms with Gasteiger partial charge in [-0.15, -0.1) is 0 Å². The quantitative estimate of drug-likeness (QED) is 0.832. The first-order valence-electron chi connectivity index (χ1n) is 7.92. The van der Waals surface area contributed by atoms with E-state index in [1.54, 1.807) is 0 Å². The third-order valence-electron chi connectivity index (χ3n) is 4.47. The molecule has 1 aliphatic carbocycles. The average molecular weight is 270 g/mol. The normalized spacial score (nSPS) is 37.1. The summed E-state index contributed by atoms with van der Waals surface area (Å²) in [6, 6.07) is 0. The fraction of sp³-hybridized carbons (Fsp3) is 1.00. The van der Waals surface area contributed by atoms with E-state index in [1.165, 1.54) is 12.8 Å². The van der Waals surface area contributed by atoms with Gasteiger partial charge >= 0.3 is 0 Å². The number of hydrogen-bond donors (Lipinski definition) is 1. The molecule has 0 aromatic heterocycles. The van der Waals surface area contributed by atoms with Gasteiger partial charge in [0, 0.05) is 6.42 Å². The van der Waals surface area contributed by atoms with Gasteiger partial charge in [-0.3, -0.25) is 0 Å². The van der Waals surface area contributed by atoms with Crippen molar-refractivity contribution < 1.29 is 14.6 Å². The summed E-state index contributed by atoms with van der Waals surface area (Å²) < 4.78 is 10.9. The molecular weight excluding hydrogens is 240 g/mol. The lowest BCUT2D eigenvalue weighted by molar-refractivity contribution is -0.0874. The van der Waals surface area contributed by atoms with Crippen LogP contribution in [0.3, 0.4) is 0 Å². The van der Waals surface area contributed by atoms with Crippen molar-refractivity contribution in [1.29, 1.82) is 0 Å². The van der Waals surface area contributed by atoms with E-state index < -0.39 is 5.60 Å². The van der Waals surface area contributed by atoms with Crippen molar-refractivity contribution >= 4 is 0 Å². The molecule has 0 aromatic rings. The van der Waals surface area contributed by atoms with Gasteiger partial charge in [0.05, 0.1) is 18.8 Å². The molecule has 0 amide bonds. The lowest BCUT2D eigenvalue weighted by Crippen LogP contribution is -2.39. The maximum absolute atomic E-state index is 10.9. The fourth-order valence-electron chi connectivity index (χ4n) is 4.02. The first kappa shape index (κ1) is 15.3. The number of ether oxygens (including phenoxy) is 2. The highest BCUT2D eigenvalue weighted by atomic mass is 16.7. The number of aliphatic hydroxyl groups is 1. The van der Waals surface area contributed by atoms with Crippen LogP contribution < -0.4 is 0 Å². The summed E-state index contributed by atoms with van der Waals surface area (Å²) in [4.78, 5) is 0. The summed E-state index contributed by atoms with van der Waals surface area (Å²) in [7, 11) is 0. The van der Waals surface area contributed by atoms with Gasteiger partial charge < -0.3 is 14.6 Å². The van der Waals surface area contributed by atoms with Crippen molar-refractivity contribution in [2.24, 2.45) is 17.8 Å². The van der Waals surface area contributed by atoms with Crippen LogP contribution in [0.15, 0.2) is 0 Å². The first-order valence-corrected chi connectivity index (χ1v) is 7.92. The van der Waals surface area contributed by atoms with E-state index in [9.17, 15) is 5.11 Å². The van der Waals surface area contributed by atoms with Crippen LogP contribution in [0.2, 0.25) is 0 Å². The molecule has 3 unspecified atom stereocenters. The lowest BCUT2D eigenvalue weighted by atomic mass is 9.69. The predicted octanol–water partition coefficient (Wildman–Crippen LogP) is 3.35. The maximum Gasteiger partial charge on any atom is 0.157 e. The molecule has 1 saturated heterocycles. The van der Waals surface area contributed by atoms with Crippen molar-refractivity contribution in [3.05, 3.63) is 0 Å². The van der Waals surface area contributed by atoms with E-state index in [0.29, 0.717) is 25.0 Å². The summed E-state index contributed by atoms with van der Waals surface area (Å²) in [6.45, 7) is 8.24. The minimum absolute atomic E-state index is 0.0789. The highest BCUT2D eigenvalue weighted by Gasteiger charge is 2.38. The molecule has 0 radical (unpaired) electrons. The lowest BCUT2D eigenvalue weighted by Gasteiger charge is -2.41. The molecule has 112 valence electrons. The van der Waals surface area contributed by atoms with Gasteiger partial charge in [0.25, 0.3) is 0 Å². The Kier molecular flexibility index (Phi) is 5.27. The Labute approximate surface area is 117 Å². The van der Waals surface area contributed by atoms with Gasteiger partial charge in [0.1, 0.15) is 0 Å². The highest BCUT2D eigenvalue weighted by molar-refractivity contribution is 4.89. The van der Waals surface area contributed by atoms with Crippen molar-refractivity contribution in [2.45, 2.75) is 71.2 Å². The van der Waals surface area contributed by atoms with Crippen LogP contribution >= 0.6 is 0 Å². The average Bonchev–Trinajstić information content (AvgIpc) is 2.76. The second-order valence-corrected chi connectivity index (χ2v) is 7.18. The van der Waals surface area contributed by atoms with Crippen molar-refractivity contribution in [1.82, 2.24) is 0 Å². The zero-order chi connectivity index (χ0) is 13.9. The molecule has 3 heteroatoms. The zero-order valence-corrected chi connectivity index (χ0v) is 12.7. The maximum atomic E-state index is 10.9. The minimum atomic E-state index is -0.494. The van der Waals surface area contributed by atoms with Crippen LogP contribution in [0.25, 0.3) is 0 Å². The standard InChI is InChI=1S/C16H30O3/c1-12(2)8-14-9-13(3)10-16(17,11-14)5-4-15-18-6-7-19-15/h12-15,17H,4-11H2,1-3H3. The molecule has 1 heterocycles. The summed E-state index contributed by atoms with van der Waals surface area (Å²) in [5, 5.41) is 10.9. The van der Waals surface area contributed by atoms with E-state index in [1.807, 2.05) is 0 Å². The summed E-state index contributed by atoms with van der Waals surface area (Å²) in [6.07, 6.45) is 5.98. The zero-order valence-electron chi connectivity index (χ0n) is 12.7. The monoisotopic (exact) mass is 270 g/mol. The van der Waals surface area contributed by atoms with Crippen molar-refractivity contribution in [2.75, 3.05) is 13.2 Å². The Balaban J connectivity index is 1.84. The summed E-state index contributed by atoms with van der Waals surface area (Å²) in [5.41, 5.74) is -0.494. The Bertz CT molecular complexity index is 271. The van der Waals surface area contributed by atoms with E-state index in [2.05, 4.69) is 20.8 Å². The van der Waals surface area contributed by atoms with Gasteiger partial charge in [0.15, 0.2) is 6.29 Å². The SMILES string of the molecule is CC(C)CC1CC(C)CC(O)(CCC2OCCO2)C1. The Morgan fingerprint density at radius 2 is 1.89 bits per heavy atom. The van der Waals surface area contributed by atoms with Crippen LogP contribution in [-0.4, -0.2) is 30.2 Å². The van der Waals surface area contributed by atoms with Crippen molar-refractivity contribution in [3.63, 3.8) is 0 Å². The van der Waals surface area contributed by atoms with E-state index in [-0.39, 0.29) is 6.29 Å². The number of hydrogen-bond acceptors (Lipinski definition) is 3. The van der Waals surface area contributed by atoms with Gasteiger partial charge in [-0.25, -0.2) is 0 Å². The molecule has 0 aromatic carbocycles. The van der Waals surface area contributed by atoms with Gasteiger partial charge in [-0.1, -0.05) is 20.8 Å². The molecule has 1 saturated carbocycles. The highest BCUT2D eigenvalue weighted by Crippen LogP contribution is 2.41. The van der Waals surface area contributed by atoms with Gasteiger partial charge in [0.2, 0.25) is 0 Å². The molecule has 0 bridgehead atoms. The molecule has 2 fully saturated rings. The van der Waals surface area contributed by atoms with E-state index in [0.717, 1.165) is 31.6 Å². The minimum Gasteiger partial charge on any atom is -0.390 e. The smallest absolute Gasteiger partial charge is 0.157 e. The molecule has 2 aliphatic rings. The van der Waals surface area contributed by atoms with E-state index >= 15 is 0 Å². The van der Waals surface area contributed by atoms with Gasteiger partial charge in [-0.05, 0) is 49.9 Å². The van der Waals surface area contributed by atoms with Crippen molar-refractivity contribution in [3.8, 4) is 0 Å². The molecular formula is C16H30O3. The van der Waals surface area contributed by atoms with Crippen LogP contribution in [0, 0.1) is 17.8 Å². The van der Waals surface area contributed by atoms with E-state index in [4.69, 9.17) is 9.47 Å². The topological polar surface area (TPSA) is 38.7 Å². The second kappa shape index (κ2) is 6.55. The Morgan fingerprint density at radius 3 is 2.53 bits per heavy atom. The summed E-state index contributed by atoms with van der Waals surface area (Å²) >= 11 is 0. The molecule has 3 atom stereocenters. The number of rotatable bonds is 5. The van der Waals surface area contributed by atoms with Crippen LogP contribution in [-0.2, 0) is 9.47 Å². The third-order valence-corrected chi connectivity index (χ3v) is 4.47. The Morgan fingerprint density at radius 1 is 1.21 bits per heavy atom. The Hall–Kier alpha value is -0.120. The molecule has 0 spiro atoms. The molecule has 1 N–H and O–H groups in total. The predicted molar refractivity (Wildman–Crippen MR) is 75.8 cm³/mol. The van der Waals surface area contributed by atoms with Crippen LogP contribution in [0.5, 0.6) is 0 Å². The van der Waals surface area contributed by atoms with Gasteiger partial charge in [-0.2, -0.15) is 0 Å². The molecule has 19 heavy (non-hydrogen) atoms. The summed E-state index contributed by atoms with van der Waals surface area (Å²) in [5.74, 6) is 2.04. The molecule has 1 aliphatic heterocycles. The van der Waals surface area contributed by atoms with Crippen LogP contribution in [0.1, 0.15) is 59.3 Å². The fourth-order valence-corrected chi connectivity index (χ4v) is 4.02.